The average Bonchev–Trinajstić information content (AvgIpc) is 2.14. The van der Waals surface area contributed by atoms with E-state index in [4.69, 9.17) is 5.11 Å². The summed E-state index contributed by atoms with van der Waals surface area (Å²) in [6.07, 6.45) is -6.68. The van der Waals surface area contributed by atoms with Crippen LogP contribution in [-0.2, 0) is 0 Å². The summed E-state index contributed by atoms with van der Waals surface area (Å²) in [4.78, 5) is 0. The number of benzene rings is 1. The minimum atomic E-state index is -4.49. The molecule has 1 aromatic rings. The molecule has 0 aliphatic carbocycles. The van der Waals surface area contributed by atoms with E-state index in [9.17, 15) is 13.2 Å². The van der Waals surface area contributed by atoms with E-state index in [0.29, 0.717) is 0 Å². The van der Waals surface area contributed by atoms with Gasteiger partial charge in [-0.3, -0.25) is 0 Å². The van der Waals surface area contributed by atoms with Crippen LogP contribution in [0.3, 0.4) is 0 Å². The summed E-state index contributed by atoms with van der Waals surface area (Å²) in [5, 5.41) is 8.52. The van der Waals surface area contributed by atoms with Gasteiger partial charge in [-0.05, 0) is 0 Å². The molecule has 1 N–H and O–H groups in total. The van der Waals surface area contributed by atoms with Gasteiger partial charge in [-0.25, -0.2) is 0 Å². The van der Waals surface area contributed by atoms with Crippen LogP contribution in [0.5, 0.6) is 0 Å². The van der Waals surface area contributed by atoms with Crippen molar-refractivity contribution in [3.63, 3.8) is 0 Å². The van der Waals surface area contributed by atoms with Gasteiger partial charge >= 0.3 is 85.6 Å². The topological polar surface area (TPSA) is 20.2 Å². The van der Waals surface area contributed by atoms with Gasteiger partial charge in [-0.2, -0.15) is 0 Å². The van der Waals surface area contributed by atoms with Gasteiger partial charge in [0.05, 0.1) is 0 Å². The zero-order chi connectivity index (χ0) is 10.6. The van der Waals surface area contributed by atoms with E-state index in [2.05, 4.69) is 0 Å². The van der Waals surface area contributed by atoms with Gasteiger partial charge in [-0.1, -0.05) is 0 Å². The second-order valence-corrected chi connectivity index (χ2v) is 4.98. The summed E-state index contributed by atoms with van der Waals surface area (Å²) in [5.74, 6) is 0. The molecule has 0 aromatic heterocycles. The average molecular weight is 269 g/mol. The van der Waals surface area contributed by atoms with E-state index in [0.717, 1.165) is 4.46 Å². The van der Waals surface area contributed by atoms with Crippen molar-refractivity contribution in [1.29, 1.82) is 0 Å². The van der Waals surface area contributed by atoms with Crippen LogP contribution in [-0.4, -0.2) is 32.3 Å². The molecular weight excluding hydrogens is 260 g/mol. The summed E-state index contributed by atoms with van der Waals surface area (Å²) in [6.45, 7) is 0. The van der Waals surface area contributed by atoms with Crippen molar-refractivity contribution in [1.82, 2.24) is 0 Å². The van der Waals surface area contributed by atoms with Crippen LogP contribution >= 0.6 is 0 Å². The molecule has 1 rings (SSSR count). The summed E-state index contributed by atoms with van der Waals surface area (Å²) in [5.41, 5.74) is 0. The Hall–Kier alpha value is -0.511. The first-order valence-electron chi connectivity index (χ1n) is 3.93. The number of alkyl halides is 3. The third-order valence-corrected chi connectivity index (χ3v) is 3.81. The van der Waals surface area contributed by atoms with E-state index < -0.39 is 12.3 Å². The molecule has 1 nitrogen and oxygen atoms in total. The summed E-state index contributed by atoms with van der Waals surface area (Å²) in [6, 6.07) is 8.89. The predicted octanol–water partition coefficient (Wildman–Crippen LogP) is 1.36. The standard InChI is InChI=1S/C9H9F3OSe/c10-9(11,12)8(13)6-14-7-4-2-1-3-5-7/h1-5,8,13H,6H2. The Balaban J connectivity index is 2.42. The summed E-state index contributed by atoms with van der Waals surface area (Å²) < 4.78 is 36.6. The van der Waals surface area contributed by atoms with Crippen molar-refractivity contribution in [3.05, 3.63) is 30.3 Å². The number of aliphatic hydroxyl groups excluding tert-OH is 1. The Morgan fingerprint density at radius 2 is 1.79 bits per heavy atom. The normalized spacial score (nSPS) is 14.0. The first-order chi connectivity index (χ1) is 6.50. The van der Waals surface area contributed by atoms with Crippen molar-refractivity contribution in [2.24, 2.45) is 0 Å². The molecule has 0 amide bonds. The zero-order valence-electron chi connectivity index (χ0n) is 7.16. The molecule has 14 heavy (non-hydrogen) atoms. The molecule has 0 aliphatic rings. The van der Waals surface area contributed by atoms with Gasteiger partial charge in [0.2, 0.25) is 0 Å². The van der Waals surface area contributed by atoms with Gasteiger partial charge in [0.25, 0.3) is 0 Å². The van der Waals surface area contributed by atoms with Crippen molar-refractivity contribution >= 4 is 19.4 Å². The summed E-state index contributed by atoms with van der Waals surface area (Å²) in [7, 11) is 0. The summed E-state index contributed by atoms with van der Waals surface area (Å²) >= 11 is -0.323. The van der Waals surface area contributed by atoms with Crippen LogP contribution in [0.25, 0.3) is 0 Å². The van der Waals surface area contributed by atoms with E-state index in [1.165, 1.54) is 0 Å². The molecule has 0 fully saturated rings. The molecule has 0 saturated carbocycles. The van der Waals surface area contributed by atoms with Gasteiger partial charge in [0, 0.05) is 0 Å². The maximum absolute atomic E-state index is 11.9. The zero-order valence-corrected chi connectivity index (χ0v) is 8.87. The van der Waals surface area contributed by atoms with E-state index >= 15 is 0 Å². The van der Waals surface area contributed by atoms with Crippen LogP contribution in [0.4, 0.5) is 13.2 Å². The first kappa shape index (κ1) is 11.6. The van der Waals surface area contributed by atoms with Crippen LogP contribution in [0.15, 0.2) is 30.3 Å². The molecule has 0 radical (unpaired) electrons. The predicted molar refractivity (Wildman–Crippen MR) is 48.7 cm³/mol. The van der Waals surface area contributed by atoms with Crippen LogP contribution in [0, 0.1) is 0 Å². The van der Waals surface area contributed by atoms with Gasteiger partial charge < -0.3 is 0 Å². The number of hydrogen-bond donors (Lipinski definition) is 1. The van der Waals surface area contributed by atoms with Crippen molar-refractivity contribution < 1.29 is 18.3 Å². The minimum absolute atomic E-state index is 0.222. The molecule has 0 heterocycles. The molecule has 1 unspecified atom stereocenters. The van der Waals surface area contributed by atoms with E-state index in [1.54, 1.807) is 30.3 Å². The number of halogens is 3. The fourth-order valence-corrected chi connectivity index (χ4v) is 2.65. The SMILES string of the molecule is OC(C[Se]c1ccccc1)C(F)(F)F. The van der Waals surface area contributed by atoms with Crippen LogP contribution in [0.1, 0.15) is 0 Å². The Bertz CT molecular complexity index is 273. The molecule has 0 bridgehead atoms. The fraction of sp³-hybridized carbons (Fsp3) is 0.333. The Kier molecular flexibility index (Phi) is 3.98. The van der Waals surface area contributed by atoms with Crippen LogP contribution < -0.4 is 4.46 Å². The van der Waals surface area contributed by atoms with Gasteiger partial charge in [0.15, 0.2) is 0 Å². The molecule has 0 spiro atoms. The van der Waals surface area contributed by atoms with Crippen molar-refractivity contribution in [3.8, 4) is 0 Å². The molecular formula is C9H9F3OSe. The number of hydrogen-bond acceptors (Lipinski definition) is 1. The quantitative estimate of drug-likeness (QED) is 0.821. The van der Waals surface area contributed by atoms with Crippen molar-refractivity contribution in [2.45, 2.75) is 17.6 Å². The number of aliphatic hydroxyl groups is 1. The van der Waals surface area contributed by atoms with E-state index in [1.807, 2.05) is 0 Å². The van der Waals surface area contributed by atoms with Crippen molar-refractivity contribution in [2.75, 3.05) is 0 Å². The fourth-order valence-electron chi connectivity index (χ4n) is 0.786. The Labute approximate surface area is 86.1 Å². The first-order valence-corrected chi connectivity index (χ1v) is 5.99. The molecule has 1 atom stereocenters. The molecule has 78 valence electrons. The molecule has 5 heteroatoms. The Morgan fingerprint density at radius 1 is 1.21 bits per heavy atom. The van der Waals surface area contributed by atoms with Gasteiger partial charge in [0.1, 0.15) is 0 Å². The molecule has 1 aromatic carbocycles. The Morgan fingerprint density at radius 3 is 2.29 bits per heavy atom. The number of rotatable bonds is 3. The second-order valence-electron chi connectivity index (χ2n) is 2.68. The monoisotopic (exact) mass is 270 g/mol. The van der Waals surface area contributed by atoms with Gasteiger partial charge in [-0.15, -0.1) is 0 Å². The third kappa shape index (κ3) is 3.70. The maximum atomic E-state index is 11.9. The molecule has 0 saturated heterocycles. The molecule has 0 aliphatic heterocycles. The third-order valence-electron chi connectivity index (χ3n) is 1.53. The van der Waals surface area contributed by atoms with E-state index in [-0.39, 0.29) is 20.3 Å². The van der Waals surface area contributed by atoms with Crippen LogP contribution in [0.2, 0.25) is 5.32 Å². The second kappa shape index (κ2) is 4.82.